The summed E-state index contributed by atoms with van der Waals surface area (Å²) in [6.45, 7) is 12.3. The lowest BCUT2D eigenvalue weighted by molar-refractivity contribution is -0.143. The second kappa shape index (κ2) is 11.3. The Morgan fingerprint density at radius 2 is 2.06 bits per heavy atom. The molecule has 34 heavy (non-hydrogen) atoms. The van der Waals surface area contributed by atoms with Crippen molar-refractivity contribution in [3.63, 3.8) is 0 Å². The number of carbonyl (C=O) groups is 1. The molecule has 0 saturated carbocycles. The van der Waals surface area contributed by atoms with Crippen LogP contribution in [0.2, 0.25) is 0 Å². The lowest BCUT2D eigenvalue weighted by atomic mass is 9.97. The van der Waals surface area contributed by atoms with Crippen LogP contribution in [0.1, 0.15) is 48.1 Å². The number of thiocarbonyl (C=S) groups is 1. The van der Waals surface area contributed by atoms with Crippen LogP contribution in [0.25, 0.3) is 0 Å². The molecule has 4 rings (SSSR count). The van der Waals surface area contributed by atoms with Gasteiger partial charge >= 0.3 is 5.97 Å². The average Bonchev–Trinajstić information content (AvgIpc) is 3.31. The van der Waals surface area contributed by atoms with E-state index in [0.29, 0.717) is 11.7 Å². The number of nitrogens with zero attached hydrogens (tertiary/aromatic N) is 4. The number of hydrogen-bond acceptors (Lipinski definition) is 6. The van der Waals surface area contributed by atoms with Gasteiger partial charge in [0.05, 0.1) is 37.6 Å². The fraction of sp³-hybridized carbons (Fsp3) is 0.560. The van der Waals surface area contributed by atoms with Gasteiger partial charge in [-0.2, -0.15) is 0 Å². The number of pyridine rings is 1. The van der Waals surface area contributed by atoms with Crippen molar-refractivity contribution in [2.45, 2.75) is 45.8 Å². The number of ether oxygens (including phenoxy) is 2. The first-order valence-electron chi connectivity index (χ1n) is 12.1. The molecule has 0 aliphatic carbocycles. The molecule has 2 fully saturated rings. The first-order valence-corrected chi connectivity index (χ1v) is 12.5. The van der Waals surface area contributed by atoms with E-state index >= 15 is 0 Å². The van der Waals surface area contributed by atoms with Crippen LogP contribution in [0.3, 0.4) is 0 Å². The van der Waals surface area contributed by atoms with Crippen LogP contribution in [-0.4, -0.2) is 76.4 Å². The molecule has 2 aromatic heterocycles. The van der Waals surface area contributed by atoms with E-state index in [0.717, 1.165) is 57.1 Å². The second-order valence-corrected chi connectivity index (χ2v) is 9.23. The molecule has 0 aromatic carbocycles. The van der Waals surface area contributed by atoms with Crippen LogP contribution < -0.4 is 5.32 Å². The Morgan fingerprint density at radius 1 is 1.26 bits per heavy atom. The highest BCUT2D eigenvalue weighted by molar-refractivity contribution is 7.80. The Bertz CT molecular complexity index is 990. The summed E-state index contributed by atoms with van der Waals surface area (Å²) in [5, 5.41) is 3.96. The summed E-state index contributed by atoms with van der Waals surface area (Å²) in [6, 6.07) is 7.83. The monoisotopic (exact) mass is 485 g/mol. The van der Waals surface area contributed by atoms with Gasteiger partial charge in [-0.1, -0.05) is 6.07 Å². The number of aryl methyl sites for hydroxylation is 1. The van der Waals surface area contributed by atoms with Crippen molar-refractivity contribution < 1.29 is 14.3 Å². The number of carbonyl (C=O) groups excluding carboxylic acids is 1. The van der Waals surface area contributed by atoms with Crippen molar-refractivity contribution in [1.82, 2.24) is 24.7 Å². The number of aromatic nitrogens is 2. The maximum atomic E-state index is 12.4. The third-order valence-electron chi connectivity index (χ3n) is 6.69. The Morgan fingerprint density at radius 3 is 2.76 bits per heavy atom. The van der Waals surface area contributed by atoms with Gasteiger partial charge < -0.3 is 24.3 Å². The maximum absolute atomic E-state index is 12.4. The molecule has 4 heterocycles. The van der Waals surface area contributed by atoms with Gasteiger partial charge in [0.15, 0.2) is 5.11 Å². The molecule has 0 unspecified atom stereocenters. The Labute approximate surface area is 207 Å². The molecule has 2 aromatic rings. The lowest BCUT2D eigenvalue weighted by Gasteiger charge is -2.28. The van der Waals surface area contributed by atoms with E-state index < -0.39 is 0 Å². The maximum Gasteiger partial charge on any atom is 0.325 e. The van der Waals surface area contributed by atoms with E-state index in [1.165, 1.54) is 11.4 Å². The van der Waals surface area contributed by atoms with E-state index in [-0.39, 0.29) is 24.6 Å². The molecule has 1 N–H and O–H groups in total. The summed E-state index contributed by atoms with van der Waals surface area (Å²) < 4.78 is 13.1. The molecule has 2 aliphatic heterocycles. The molecule has 9 heteroatoms. The number of nitrogens with one attached hydrogen (secondary N) is 1. The number of morpholine rings is 1. The first-order chi connectivity index (χ1) is 16.5. The van der Waals surface area contributed by atoms with Crippen LogP contribution in [0.5, 0.6) is 0 Å². The normalized spacial score (nSPS) is 21.0. The van der Waals surface area contributed by atoms with Crippen LogP contribution in [-0.2, 0) is 20.8 Å². The van der Waals surface area contributed by atoms with Crippen LogP contribution in [0.4, 0.5) is 0 Å². The standard InChI is InChI=1S/C25H35N5O3S/c1-4-33-22(31)17-30-24(23(27-25(30)34)21-8-5-6-9-26-21)20-16-18(2)29(19(20)3)11-7-10-28-12-14-32-15-13-28/h5-6,8-9,16,23-24H,4,7,10-15,17H2,1-3H3,(H,27,34)/t23-,24-/m1/s1. The third-order valence-corrected chi connectivity index (χ3v) is 7.05. The smallest absolute Gasteiger partial charge is 0.325 e. The van der Waals surface area contributed by atoms with E-state index in [9.17, 15) is 4.79 Å². The number of esters is 1. The third kappa shape index (κ3) is 5.42. The molecular weight excluding hydrogens is 450 g/mol. The summed E-state index contributed by atoms with van der Waals surface area (Å²) in [7, 11) is 0. The minimum Gasteiger partial charge on any atom is -0.465 e. The summed E-state index contributed by atoms with van der Waals surface area (Å²) in [5.74, 6) is -0.280. The topological polar surface area (TPSA) is 71.9 Å². The zero-order chi connectivity index (χ0) is 24.1. The van der Waals surface area contributed by atoms with Gasteiger partial charge in [0.1, 0.15) is 6.54 Å². The number of hydrogen-bond donors (Lipinski definition) is 1. The van der Waals surface area contributed by atoms with Gasteiger partial charge in [-0.25, -0.2) is 0 Å². The van der Waals surface area contributed by atoms with Crippen LogP contribution in [0.15, 0.2) is 30.5 Å². The molecule has 2 aliphatic rings. The fourth-order valence-electron chi connectivity index (χ4n) is 5.01. The average molecular weight is 486 g/mol. The first kappa shape index (κ1) is 24.6. The summed E-state index contributed by atoms with van der Waals surface area (Å²) >= 11 is 5.68. The zero-order valence-electron chi connectivity index (χ0n) is 20.3. The van der Waals surface area contributed by atoms with Gasteiger partial charge in [-0.15, -0.1) is 0 Å². The van der Waals surface area contributed by atoms with Crippen molar-refractivity contribution in [2.24, 2.45) is 0 Å². The second-order valence-electron chi connectivity index (χ2n) is 8.85. The highest BCUT2D eigenvalue weighted by Crippen LogP contribution is 2.40. The summed E-state index contributed by atoms with van der Waals surface area (Å²) in [4.78, 5) is 21.4. The molecule has 2 saturated heterocycles. The lowest BCUT2D eigenvalue weighted by Crippen LogP contribution is -2.37. The van der Waals surface area contributed by atoms with Crippen molar-refractivity contribution in [3.8, 4) is 0 Å². The van der Waals surface area contributed by atoms with Gasteiger partial charge in [0.25, 0.3) is 0 Å². The van der Waals surface area contributed by atoms with Gasteiger partial charge in [-0.05, 0) is 63.2 Å². The highest BCUT2D eigenvalue weighted by atomic mass is 32.1. The molecule has 0 amide bonds. The van der Waals surface area contributed by atoms with E-state index in [1.807, 2.05) is 30.0 Å². The quantitative estimate of drug-likeness (QED) is 0.430. The Balaban J connectivity index is 1.59. The minimum absolute atomic E-state index is 0.106. The SMILES string of the molecule is CCOC(=O)CN1C(=S)N[C@H](c2ccccn2)[C@H]1c1cc(C)n(CCCN2CCOCC2)c1C. The molecule has 0 radical (unpaired) electrons. The molecule has 2 atom stereocenters. The van der Waals surface area contributed by atoms with Crippen molar-refractivity contribution >= 4 is 23.3 Å². The van der Waals surface area contributed by atoms with Crippen molar-refractivity contribution in [2.75, 3.05) is 46.0 Å². The minimum atomic E-state index is -0.280. The largest absolute Gasteiger partial charge is 0.465 e. The van der Waals surface area contributed by atoms with Crippen molar-refractivity contribution in [1.29, 1.82) is 0 Å². The zero-order valence-corrected chi connectivity index (χ0v) is 21.1. The molecule has 0 bridgehead atoms. The molecule has 184 valence electrons. The van der Waals surface area contributed by atoms with E-state index in [1.54, 1.807) is 6.20 Å². The van der Waals surface area contributed by atoms with E-state index in [4.69, 9.17) is 21.7 Å². The molecule has 8 nitrogen and oxygen atoms in total. The Hall–Kier alpha value is -2.49. The van der Waals surface area contributed by atoms with Crippen molar-refractivity contribution in [3.05, 3.63) is 53.1 Å². The predicted molar refractivity (Wildman–Crippen MR) is 135 cm³/mol. The van der Waals surface area contributed by atoms with Crippen LogP contribution in [0, 0.1) is 13.8 Å². The van der Waals surface area contributed by atoms with Crippen LogP contribution >= 0.6 is 12.2 Å². The van der Waals surface area contributed by atoms with Gasteiger partial charge in [-0.3, -0.25) is 14.7 Å². The highest BCUT2D eigenvalue weighted by Gasteiger charge is 2.42. The molecular formula is C25H35N5O3S. The number of rotatable bonds is 9. The van der Waals surface area contributed by atoms with Gasteiger partial charge in [0.2, 0.25) is 0 Å². The predicted octanol–water partition coefficient (Wildman–Crippen LogP) is 2.76. The summed E-state index contributed by atoms with van der Waals surface area (Å²) in [6.07, 6.45) is 2.87. The summed E-state index contributed by atoms with van der Waals surface area (Å²) in [5.41, 5.74) is 4.48. The van der Waals surface area contributed by atoms with E-state index in [2.05, 4.69) is 39.7 Å². The fourth-order valence-corrected chi connectivity index (χ4v) is 5.31. The Kier molecular flexibility index (Phi) is 8.18. The molecule has 0 spiro atoms. The van der Waals surface area contributed by atoms with Gasteiger partial charge in [0, 0.05) is 43.8 Å².